The molecule has 0 aliphatic carbocycles. The fourth-order valence-corrected chi connectivity index (χ4v) is 1.05. The van der Waals surface area contributed by atoms with Crippen molar-refractivity contribution < 1.29 is 18.0 Å². The molecule has 0 aliphatic rings. The summed E-state index contributed by atoms with van der Waals surface area (Å²) in [5, 5.41) is 1.31. The molecular weight excluding hydrogens is 195 g/mol. The number of Topliss-reactive ketones (excluding diaryl/α,β-unsaturated/α-hetero) is 1. The van der Waals surface area contributed by atoms with E-state index in [-0.39, 0.29) is 11.3 Å². The number of nitrogens with one attached hydrogen (secondary N) is 1. The van der Waals surface area contributed by atoms with Crippen molar-refractivity contribution in [3.63, 3.8) is 0 Å². The third-order valence-electron chi connectivity index (χ3n) is 1.58. The molecule has 0 saturated heterocycles. The summed E-state index contributed by atoms with van der Waals surface area (Å²) in [6.07, 6.45) is -4.52. The van der Waals surface area contributed by atoms with Gasteiger partial charge in [0, 0.05) is 5.56 Å². The van der Waals surface area contributed by atoms with Crippen LogP contribution in [0.4, 0.5) is 18.9 Å². The molecule has 1 aromatic rings. The van der Waals surface area contributed by atoms with E-state index in [4.69, 9.17) is 0 Å². The minimum atomic E-state index is -4.52. The van der Waals surface area contributed by atoms with E-state index in [1.54, 1.807) is 0 Å². The molecule has 0 aliphatic heterocycles. The van der Waals surface area contributed by atoms with Gasteiger partial charge in [0.25, 0.3) is 0 Å². The first-order chi connectivity index (χ1) is 6.40. The first-order valence-corrected chi connectivity index (χ1v) is 3.85. The standard InChI is InChI=1S/C9H8F3NO/c1-6(14)7-4-2-3-5-8(7)13-9(10,11)12/h2-5,13H,1H3. The van der Waals surface area contributed by atoms with Crippen LogP contribution in [0.5, 0.6) is 0 Å². The highest BCUT2D eigenvalue weighted by atomic mass is 19.4. The fraction of sp³-hybridized carbons (Fsp3) is 0.222. The fourth-order valence-electron chi connectivity index (χ4n) is 1.05. The first-order valence-electron chi connectivity index (χ1n) is 3.85. The Hall–Kier alpha value is -1.52. The Kier molecular flexibility index (Phi) is 2.78. The lowest BCUT2D eigenvalue weighted by Gasteiger charge is -2.12. The van der Waals surface area contributed by atoms with Crippen molar-refractivity contribution >= 4 is 11.5 Å². The lowest BCUT2D eigenvalue weighted by molar-refractivity contribution is -0.0999. The second kappa shape index (κ2) is 3.69. The second-order valence-electron chi connectivity index (χ2n) is 2.72. The molecule has 1 aromatic carbocycles. The average molecular weight is 203 g/mol. The number of benzene rings is 1. The van der Waals surface area contributed by atoms with Crippen LogP contribution in [0, 0.1) is 0 Å². The van der Waals surface area contributed by atoms with Crippen LogP contribution in [0.3, 0.4) is 0 Å². The van der Waals surface area contributed by atoms with Gasteiger partial charge in [0.15, 0.2) is 5.78 Å². The van der Waals surface area contributed by atoms with Gasteiger partial charge >= 0.3 is 6.30 Å². The largest absolute Gasteiger partial charge is 0.482 e. The lowest BCUT2D eigenvalue weighted by atomic mass is 10.1. The Morgan fingerprint density at radius 2 is 1.86 bits per heavy atom. The maximum atomic E-state index is 12.0. The minimum absolute atomic E-state index is 0.0322. The van der Waals surface area contributed by atoms with E-state index in [1.165, 1.54) is 36.5 Å². The topological polar surface area (TPSA) is 29.1 Å². The van der Waals surface area contributed by atoms with Gasteiger partial charge in [-0.15, -0.1) is 0 Å². The molecule has 1 N–H and O–H groups in total. The summed E-state index contributed by atoms with van der Waals surface area (Å²) in [4.78, 5) is 10.9. The monoisotopic (exact) mass is 203 g/mol. The Morgan fingerprint density at radius 1 is 1.29 bits per heavy atom. The number of carbonyl (C=O) groups is 1. The Balaban J connectivity index is 3.02. The number of para-hydroxylation sites is 1. The first kappa shape index (κ1) is 10.6. The number of hydrogen-bond donors (Lipinski definition) is 1. The van der Waals surface area contributed by atoms with E-state index in [2.05, 4.69) is 0 Å². The molecule has 0 unspecified atom stereocenters. The van der Waals surface area contributed by atoms with Crippen LogP contribution in [0.1, 0.15) is 17.3 Å². The van der Waals surface area contributed by atoms with Crippen molar-refractivity contribution in [1.29, 1.82) is 0 Å². The summed E-state index contributed by atoms with van der Waals surface area (Å²) < 4.78 is 35.9. The van der Waals surface area contributed by atoms with Gasteiger partial charge in [-0.1, -0.05) is 12.1 Å². The molecule has 0 spiro atoms. The van der Waals surface area contributed by atoms with Gasteiger partial charge in [-0.25, -0.2) is 0 Å². The molecule has 0 aromatic heterocycles. The Labute approximate surface area is 78.7 Å². The average Bonchev–Trinajstić information content (AvgIpc) is 2.01. The number of carbonyl (C=O) groups excluding carboxylic acids is 1. The van der Waals surface area contributed by atoms with Gasteiger partial charge in [-0.05, 0) is 19.1 Å². The minimum Gasteiger partial charge on any atom is -0.297 e. The van der Waals surface area contributed by atoms with Gasteiger partial charge in [0.05, 0.1) is 5.69 Å². The molecule has 0 atom stereocenters. The number of alkyl halides is 3. The molecule has 0 bridgehead atoms. The summed E-state index contributed by atoms with van der Waals surface area (Å²) in [5.74, 6) is -0.405. The van der Waals surface area contributed by atoms with Crippen molar-refractivity contribution in [2.24, 2.45) is 0 Å². The molecule has 14 heavy (non-hydrogen) atoms. The predicted octanol–water partition coefficient (Wildman–Crippen LogP) is 2.82. The maximum absolute atomic E-state index is 12.0. The molecule has 0 heterocycles. The van der Waals surface area contributed by atoms with Crippen LogP contribution in [-0.4, -0.2) is 12.1 Å². The van der Waals surface area contributed by atoms with Gasteiger partial charge in [-0.3, -0.25) is 10.1 Å². The summed E-state index contributed by atoms with van der Waals surface area (Å²) in [6.45, 7) is 1.22. The van der Waals surface area contributed by atoms with Crippen LogP contribution in [0.15, 0.2) is 24.3 Å². The third kappa shape index (κ3) is 2.76. The molecule has 76 valence electrons. The predicted molar refractivity (Wildman–Crippen MR) is 46.1 cm³/mol. The van der Waals surface area contributed by atoms with Crippen LogP contribution in [0.2, 0.25) is 0 Å². The van der Waals surface area contributed by atoms with Crippen molar-refractivity contribution in [1.82, 2.24) is 0 Å². The summed E-state index contributed by atoms with van der Waals surface area (Å²) in [7, 11) is 0. The van der Waals surface area contributed by atoms with E-state index in [0.29, 0.717) is 0 Å². The zero-order valence-electron chi connectivity index (χ0n) is 7.35. The molecule has 0 saturated carbocycles. The third-order valence-corrected chi connectivity index (χ3v) is 1.58. The highest BCUT2D eigenvalue weighted by molar-refractivity contribution is 5.99. The highest BCUT2D eigenvalue weighted by Gasteiger charge is 2.28. The van der Waals surface area contributed by atoms with E-state index >= 15 is 0 Å². The van der Waals surface area contributed by atoms with E-state index < -0.39 is 12.1 Å². The number of hydrogen-bond acceptors (Lipinski definition) is 2. The van der Waals surface area contributed by atoms with Crippen molar-refractivity contribution in [2.75, 3.05) is 5.32 Å². The number of ketones is 1. The number of rotatable bonds is 2. The zero-order chi connectivity index (χ0) is 10.8. The normalized spacial score (nSPS) is 11.1. The van der Waals surface area contributed by atoms with Crippen LogP contribution in [0.25, 0.3) is 0 Å². The van der Waals surface area contributed by atoms with E-state index in [0.717, 1.165) is 0 Å². The van der Waals surface area contributed by atoms with Crippen molar-refractivity contribution in [3.8, 4) is 0 Å². The summed E-state index contributed by atoms with van der Waals surface area (Å²) >= 11 is 0. The molecule has 0 radical (unpaired) electrons. The zero-order valence-corrected chi connectivity index (χ0v) is 7.35. The van der Waals surface area contributed by atoms with Gasteiger partial charge < -0.3 is 0 Å². The molecule has 5 heteroatoms. The van der Waals surface area contributed by atoms with Gasteiger partial charge in [-0.2, -0.15) is 13.2 Å². The van der Waals surface area contributed by atoms with Crippen LogP contribution in [-0.2, 0) is 0 Å². The summed E-state index contributed by atoms with van der Waals surface area (Å²) in [6, 6.07) is 5.50. The maximum Gasteiger partial charge on any atom is 0.482 e. The lowest BCUT2D eigenvalue weighted by Crippen LogP contribution is -2.22. The molecule has 2 nitrogen and oxygen atoms in total. The van der Waals surface area contributed by atoms with E-state index in [1.807, 2.05) is 0 Å². The van der Waals surface area contributed by atoms with Crippen LogP contribution >= 0.6 is 0 Å². The molecule has 0 amide bonds. The van der Waals surface area contributed by atoms with Gasteiger partial charge in [0.2, 0.25) is 0 Å². The molecule has 1 rings (SSSR count). The SMILES string of the molecule is CC(=O)c1ccccc1NC(F)(F)F. The number of anilines is 1. The number of halogens is 3. The Bertz CT molecular complexity index is 346. The Morgan fingerprint density at radius 3 is 2.36 bits per heavy atom. The smallest absolute Gasteiger partial charge is 0.297 e. The van der Waals surface area contributed by atoms with Gasteiger partial charge in [0.1, 0.15) is 0 Å². The molecule has 0 fully saturated rings. The molecular formula is C9H8F3NO. The van der Waals surface area contributed by atoms with E-state index in [9.17, 15) is 18.0 Å². The van der Waals surface area contributed by atoms with Crippen LogP contribution < -0.4 is 5.32 Å². The highest BCUT2D eigenvalue weighted by Crippen LogP contribution is 2.23. The second-order valence-corrected chi connectivity index (χ2v) is 2.72. The van der Waals surface area contributed by atoms with Crippen molar-refractivity contribution in [2.45, 2.75) is 13.2 Å². The quantitative estimate of drug-likeness (QED) is 0.591. The van der Waals surface area contributed by atoms with Crippen molar-refractivity contribution in [3.05, 3.63) is 29.8 Å². The summed E-state index contributed by atoms with van der Waals surface area (Å²) in [5.41, 5.74) is -0.183.